The van der Waals surface area contributed by atoms with E-state index in [0.717, 1.165) is 18.7 Å². The van der Waals surface area contributed by atoms with Gasteiger partial charge < -0.3 is 10.6 Å². The summed E-state index contributed by atoms with van der Waals surface area (Å²) in [6, 6.07) is 3.44. The first-order valence-corrected chi connectivity index (χ1v) is 8.10. The third-order valence-corrected chi connectivity index (χ3v) is 5.09. The molecule has 0 unspecified atom stereocenters. The topological polar surface area (TPSA) is 78.7 Å². The van der Waals surface area contributed by atoms with Crippen molar-refractivity contribution >= 4 is 15.7 Å². The van der Waals surface area contributed by atoms with E-state index in [9.17, 15) is 8.42 Å². The fourth-order valence-electron chi connectivity index (χ4n) is 2.25. The van der Waals surface area contributed by atoms with Gasteiger partial charge in [-0.25, -0.2) is 13.4 Å². The highest BCUT2D eigenvalue weighted by molar-refractivity contribution is 7.89. The van der Waals surface area contributed by atoms with Crippen LogP contribution in [0, 0.1) is 13.8 Å². The Labute approximate surface area is 120 Å². The molecule has 1 aromatic carbocycles. The Hall–Kier alpha value is -1.15. The number of nitrogens with zero attached hydrogens (tertiary/aromatic N) is 2. The molecule has 7 heteroatoms. The molecule has 1 fully saturated rings. The van der Waals surface area contributed by atoms with Crippen LogP contribution < -0.4 is 10.6 Å². The van der Waals surface area contributed by atoms with Crippen molar-refractivity contribution in [3.8, 4) is 0 Å². The number of hydrazine groups is 1. The predicted octanol–water partition coefficient (Wildman–Crippen LogP) is 0.326. The van der Waals surface area contributed by atoms with E-state index >= 15 is 0 Å². The minimum Gasteiger partial charge on any atom is -0.398 e. The van der Waals surface area contributed by atoms with Gasteiger partial charge in [0.25, 0.3) is 10.0 Å². The molecule has 0 radical (unpaired) electrons. The first-order valence-electron chi connectivity index (χ1n) is 6.62. The van der Waals surface area contributed by atoms with Crippen LogP contribution in [-0.4, -0.2) is 51.6 Å². The number of nitrogen functional groups attached to an aromatic ring is 1. The van der Waals surface area contributed by atoms with E-state index in [4.69, 9.17) is 5.73 Å². The van der Waals surface area contributed by atoms with Crippen LogP contribution in [0.25, 0.3) is 0 Å². The van der Waals surface area contributed by atoms with E-state index in [1.165, 1.54) is 0 Å². The van der Waals surface area contributed by atoms with Gasteiger partial charge >= 0.3 is 0 Å². The lowest BCUT2D eigenvalue weighted by Gasteiger charge is -2.32. The summed E-state index contributed by atoms with van der Waals surface area (Å²) < 4.78 is 25.0. The Bertz CT molecular complexity index is 593. The number of rotatable bonds is 3. The third-order valence-electron chi connectivity index (χ3n) is 3.59. The summed E-state index contributed by atoms with van der Waals surface area (Å²) in [5.74, 6) is 0. The van der Waals surface area contributed by atoms with Crippen molar-refractivity contribution < 1.29 is 8.42 Å². The van der Waals surface area contributed by atoms with Gasteiger partial charge in [-0.2, -0.15) is 0 Å². The molecule has 2 rings (SSSR count). The summed E-state index contributed by atoms with van der Waals surface area (Å²) in [5, 5.41) is 1.74. The molecule has 1 heterocycles. The molecular formula is C13H22N4O2S. The van der Waals surface area contributed by atoms with Gasteiger partial charge in [0.15, 0.2) is 0 Å². The molecule has 1 saturated heterocycles. The van der Waals surface area contributed by atoms with Crippen molar-refractivity contribution in [1.82, 2.24) is 14.7 Å². The van der Waals surface area contributed by atoms with Gasteiger partial charge in [-0.1, -0.05) is 0 Å². The molecular weight excluding hydrogens is 276 g/mol. The second-order valence-electron chi connectivity index (χ2n) is 5.36. The zero-order chi connectivity index (χ0) is 14.9. The highest BCUT2D eigenvalue weighted by Crippen LogP contribution is 2.23. The maximum absolute atomic E-state index is 12.5. The molecule has 0 spiro atoms. The first kappa shape index (κ1) is 15.2. The summed E-state index contributed by atoms with van der Waals surface area (Å²) >= 11 is 0. The van der Waals surface area contributed by atoms with Crippen LogP contribution in [0.5, 0.6) is 0 Å². The van der Waals surface area contributed by atoms with Crippen molar-refractivity contribution in [2.75, 3.05) is 39.0 Å². The van der Waals surface area contributed by atoms with Gasteiger partial charge in [-0.15, -0.1) is 4.83 Å². The monoisotopic (exact) mass is 298 g/mol. The van der Waals surface area contributed by atoms with Gasteiger partial charge in [-0.3, -0.25) is 0 Å². The molecule has 0 aromatic heterocycles. The summed E-state index contributed by atoms with van der Waals surface area (Å²) in [4.78, 5) is 5.08. The van der Waals surface area contributed by atoms with Crippen molar-refractivity contribution in [3.63, 3.8) is 0 Å². The second-order valence-corrected chi connectivity index (χ2v) is 6.99. The van der Waals surface area contributed by atoms with E-state index in [2.05, 4.69) is 9.73 Å². The van der Waals surface area contributed by atoms with Gasteiger partial charge in [0, 0.05) is 31.9 Å². The van der Waals surface area contributed by atoms with Crippen LogP contribution in [0.15, 0.2) is 17.0 Å². The Morgan fingerprint density at radius 3 is 2.35 bits per heavy atom. The average molecular weight is 298 g/mol. The van der Waals surface area contributed by atoms with Crippen molar-refractivity contribution in [2.24, 2.45) is 0 Å². The number of sulfonamides is 1. The minimum atomic E-state index is -3.58. The molecule has 112 valence electrons. The van der Waals surface area contributed by atoms with Crippen LogP contribution in [-0.2, 0) is 10.0 Å². The maximum atomic E-state index is 12.5. The number of nitrogens with two attached hydrogens (primary N) is 1. The fraction of sp³-hybridized carbons (Fsp3) is 0.538. The third kappa shape index (κ3) is 3.29. The van der Waals surface area contributed by atoms with E-state index in [1.807, 2.05) is 14.0 Å². The number of aryl methyl sites for hydroxylation is 1. The lowest BCUT2D eigenvalue weighted by atomic mass is 10.1. The molecule has 0 aliphatic carbocycles. The van der Waals surface area contributed by atoms with Crippen LogP contribution >= 0.6 is 0 Å². The number of piperazine rings is 1. The van der Waals surface area contributed by atoms with Crippen LogP contribution in [0.2, 0.25) is 0 Å². The summed E-state index contributed by atoms with van der Waals surface area (Å²) in [5.41, 5.74) is 7.79. The molecule has 1 aliphatic heterocycles. The molecule has 0 bridgehead atoms. The standard InChI is InChI=1S/C13H22N4O2S/c1-10-8-12(14)11(2)13(9-10)20(18,19)15-17-6-4-16(3)5-7-17/h8-9,15H,4-7,14H2,1-3H3. The molecule has 1 aromatic rings. The average Bonchev–Trinajstić information content (AvgIpc) is 2.36. The molecule has 0 atom stereocenters. The maximum Gasteiger partial charge on any atom is 0.253 e. The molecule has 0 saturated carbocycles. The zero-order valence-electron chi connectivity index (χ0n) is 12.2. The molecule has 6 nitrogen and oxygen atoms in total. The number of hydrogen-bond acceptors (Lipinski definition) is 5. The fourth-order valence-corrected chi connectivity index (χ4v) is 3.73. The van der Waals surface area contributed by atoms with Gasteiger partial charge in [0.1, 0.15) is 0 Å². The molecule has 1 aliphatic rings. The number of likely N-dealkylation sites (N-methyl/N-ethyl adjacent to an activating group) is 1. The van der Waals surface area contributed by atoms with Crippen LogP contribution in [0.4, 0.5) is 5.69 Å². The highest BCUT2D eigenvalue weighted by atomic mass is 32.2. The lowest BCUT2D eigenvalue weighted by molar-refractivity contribution is 0.135. The molecule has 0 amide bonds. The van der Waals surface area contributed by atoms with Gasteiger partial charge in [-0.05, 0) is 44.2 Å². The van der Waals surface area contributed by atoms with Crippen molar-refractivity contribution in [3.05, 3.63) is 23.3 Å². The van der Waals surface area contributed by atoms with E-state index in [1.54, 1.807) is 24.1 Å². The van der Waals surface area contributed by atoms with E-state index < -0.39 is 10.0 Å². The number of benzene rings is 1. The lowest BCUT2D eigenvalue weighted by Crippen LogP contribution is -2.52. The Kier molecular flexibility index (Phi) is 4.33. The summed E-state index contributed by atoms with van der Waals surface area (Å²) in [6.45, 7) is 6.61. The number of nitrogens with one attached hydrogen (secondary N) is 1. The predicted molar refractivity (Wildman–Crippen MR) is 79.7 cm³/mol. The largest absolute Gasteiger partial charge is 0.398 e. The van der Waals surface area contributed by atoms with Gasteiger partial charge in [0.2, 0.25) is 0 Å². The molecule has 3 N–H and O–H groups in total. The van der Waals surface area contributed by atoms with E-state index in [-0.39, 0.29) is 4.90 Å². The second kappa shape index (κ2) is 5.69. The summed E-state index contributed by atoms with van der Waals surface area (Å²) in [6.07, 6.45) is 0. The Balaban J connectivity index is 2.23. The SMILES string of the molecule is Cc1cc(N)c(C)c(S(=O)(=O)NN2CCN(C)CC2)c1. The van der Waals surface area contributed by atoms with Crippen LogP contribution in [0.3, 0.4) is 0 Å². The minimum absolute atomic E-state index is 0.258. The van der Waals surface area contributed by atoms with Crippen molar-refractivity contribution in [2.45, 2.75) is 18.7 Å². The normalized spacial score (nSPS) is 18.4. The number of hydrogen-bond donors (Lipinski definition) is 2. The molecule has 20 heavy (non-hydrogen) atoms. The Morgan fingerprint density at radius 1 is 1.15 bits per heavy atom. The zero-order valence-corrected chi connectivity index (χ0v) is 13.0. The van der Waals surface area contributed by atoms with Crippen molar-refractivity contribution in [1.29, 1.82) is 0 Å². The number of anilines is 1. The Morgan fingerprint density at radius 2 is 1.75 bits per heavy atom. The summed E-state index contributed by atoms with van der Waals surface area (Å²) in [7, 11) is -1.55. The highest BCUT2D eigenvalue weighted by Gasteiger charge is 2.23. The first-order chi connectivity index (χ1) is 9.29. The quantitative estimate of drug-likeness (QED) is 0.786. The van der Waals surface area contributed by atoms with E-state index in [0.29, 0.717) is 24.3 Å². The van der Waals surface area contributed by atoms with Gasteiger partial charge in [0.05, 0.1) is 4.90 Å². The van der Waals surface area contributed by atoms with Crippen LogP contribution in [0.1, 0.15) is 11.1 Å². The smallest absolute Gasteiger partial charge is 0.253 e.